The molecule has 0 rings (SSSR count). The van der Waals surface area contributed by atoms with E-state index in [4.69, 9.17) is 0 Å². The predicted molar refractivity (Wildman–Crippen MR) is 79.0 cm³/mol. The first-order valence-corrected chi connectivity index (χ1v) is 7.93. The van der Waals surface area contributed by atoms with Gasteiger partial charge in [0.25, 0.3) is 0 Å². The molecule has 0 aromatic rings. The first kappa shape index (κ1) is 19.7. The molecular formula is C15H31F3N2. The van der Waals surface area contributed by atoms with Crippen LogP contribution in [0.2, 0.25) is 0 Å². The van der Waals surface area contributed by atoms with E-state index in [1.807, 2.05) is 13.8 Å². The molecule has 1 N–H and O–H groups in total. The molecule has 0 heterocycles. The molecule has 0 aliphatic carbocycles. The monoisotopic (exact) mass is 296 g/mol. The lowest BCUT2D eigenvalue weighted by atomic mass is 9.98. The summed E-state index contributed by atoms with van der Waals surface area (Å²) in [5.74, 6) is 0. The Labute approximate surface area is 122 Å². The molecule has 20 heavy (non-hydrogen) atoms. The highest BCUT2D eigenvalue weighted by atomic mass is 19.4. The van der Waals surface area contributed by atoms with Crippen molar-refractivity contribution < 1.29 is 13.2 Å². The molecule has 0 aliphatic heterocycles. The SMILES string of the molecule is CCCNC(CCC)C(CC)N(CCC)CC(F)(F)F. The number of halogens is 3. The van der Waals surface area contributed by atoms with Crippen molar-refractivity contribution in [1.29, 1.82) is 0 Å². The van der Waals surface area contributed by atoms with Crippen LogP contribution in [-0.4, -0.2) is 42.8 Å². The second-order valence-corrected chi connectivity index (χ2v) is 5.41. The van der Waals surface area contributed by atoms with Crippen molar-refractivity contribution in [3.05, 3.63) is 0 Å². The van der Waals surface area contributed by atoms with Crippen molar-refractivity contribution in [3.63, 3.8) is 0 Å². The lowest BCUT2D eigenvalue weighted by molar-refractivity contribution is -0.152. The van der Waals surface area contributed by atoms with Crippen LogP contribution in [0.4, 0.5) is 13.2 Å². The third-order valence-corrected chi connectivity index (χ3v) is 3.50. The molecule has 122 valence electrons. The summed E-state index contributed by atoms with van der Waals surface area (Å²) in [6, 6.07) is 0.113. The highest BCUT2D eigenvalue weighted by Crippen LogP contribution is 2.22. The Balaban J connectivity index is 4.88. The summed E-state index contributed by atoms with van der Waals surface area (Å²) in [6.07, 6.45) is 0.297. The second kappa shape index (κ2) is 10.4. The minimum atomic E-state index is -4.12. The van der Waals surface area contributed by atoms with Crippen LogP contribution in [-0.2, 0) is 0 Å². The van der Waals surface area contributed by atoms with Gasteiger partial charge in [0.2, 0.25) is 0 Å². The predicted octanol–water partition coefficient (Wildman–Crippen LogP) is 4.21. The molecule has 0 aromatic carbocycles. The van der Waals surface area contributed by atoms with Gasteiger partial charge in [-0.1, -0.05) is 34.1 Å². The fourth-order valence-corrected chi connectivity index (χ4v) is 2.75. The Morgan fingerprint density at radius 3 is 2.05 bits per heavy atom. The van der Waals surface area contributed by atoms with Crippen molar-refractivity contribution in [2.24, 2.45) is 0 Å². The number of hydrogen-bond donors (Lipinski definition) is 1. The van der Waals surface area contributed by atoms with E-state index >= 15 is 0 Å². The molecule has 0 spiro atoms. The number of hydrogen-bond acceptors (Lipinski definition) is 2. The summed E-state index contributed by atoms with van der Waals surface area (Å²) in [5, 5.41) is 3.44. The molecule has 0 bridgehead atoms. The third kappa shape index (κ3) is 8.10. The van der Waals surface area contributed by atoms with Crippen molar-refractivity contribution in [3.8, 4) is 0 Å². The Morgan fingerprint density at radius 2 is 1.65 bits per heavy atom. The topological polar surface area (TPSA) is 15.3 Å². The molecule has 5 heteroatoms. The van der Waals surface area contributed by atoms with E-state index in [9.17, 15) is 13.2 Å². The fourth-order valence-electron chi connectivity index (χ4n) is 2.75. The van der Waals surface area contributed by atoms with E-state index in [0.29, 0.717) is 6.54 Å². The molecule has 0 saturated heterocycles. The minimum Gasteiger partial charge on any atom is -0.312 e. The zero-order valence-corrected chi connectivity index (χ0v) is 13.4. The van der Waals surface area contributed by atoms with Gasteiger partial charge in [-0.05, 0) is 38.8 Å². The van der Waals surface area contributed by atoms with Crippen LogP contribution < -0.4 is 5.32 Å². The van der Waals surface area contributed by atoms with E-state index in [-0.39, 0.29) is 12.1 Å². The zero-order valence-electron chi connectivity index (χ0n) is 13.4. The Bertz CT molecular complexity index is 232. The van der Waals surface area contributed by atoms with Crippen LogP contribution in [0.1, 0.15) is 59.8 Å². The molecule has 0 amide bonds. The fraction of sp³-hybridized carbons (Fsp3) is 1.00. The molecule has 0 fully saturated rings. The first-order chi connectivity index (χ1) is 9.39. The molecule has 2 nitrogen and oxygen atoms in total. The lowest BCUT2D eigenvalue weighted by Gasteiger charge is -2.37. The minimum absolute atomic E-state index is 0.0388. The van der Waals surface area contributed by atoms with E-state index in [1.54, 1.807) is 4.90 Å². The van der Waals surface area contributed by atoms with Gasteiger partial charge in [0, 0.05) is 12.1 Å². The van der Waals surface area contributed by atoms with Gasteiger partial charge < -0.3 is 5.32 Å². The van der Waals surface area contributed by atoms with E-state index < -0.39 is 12.7 Å². The Hall–Kier alpha value is -0.290. The summed E-state index contributed by atoms with van der Waals surface area (Å²) in [5.41, 5.74) is 0. The number of nitrogens with one attached hydrogen (secondary N) is 1. The highest BCUT2D eigenvalue weighted by molar-refractivity contribution is 4.84. The largest absolute Gasteiger partial charge is 0.401 e. The Morgan fingerprint density at radius 1 is 1.00 bits per heavy atom. The van der Waals surface area contributed by atoms with Gasteiger partial charge in [0.1, 0.15) is 0 Å². The first-order valence-electron chi connectivity index (χ1n) is 7.93. The number of nitrogens with zero attached hydrogens (tertiary/aromatic N) is 1. The number of rotatable bonds is 11. The van der Waals surface area contributed by atoms with Gasteiger partial charge in [0.15, 0.2) is 0 Å². The van der Waals surface area contributed by atoms with Gasteiger partial charge in [0.05, 0.1) is 6.54 Å². The summed E-state index contributed by atoms with van der Waals surface area (Å²) < 4.78 is 38.3. The molecular weight excluding hydrogens is 265 g/mol. The molecule has 0 aromatic heterocycles. The lowest BCUT2D eigenvalue weighted by Crippen LogP contribution is -2.52. The van der Waals surface area contributed by atoms with E-state index in [1.165, 1.54) is 0 Å². The van der Waals surface area contributed by atoms with Crippen LogP contribution in [0.25, 0.3) is 0 Å². The van der Waals surface area contributed by atoms with Crippen LogP contribution in [0.5, 0.6) is 0 Å². The van der Waals surface area contributed by atoms with Gasteiger partial charge in [-0.2, -0.15) is 13.2 Å². The van der Waals surface area contributed by atoms with Crippen LogP contribution in [0, 0.1) is 0 Å². The normalized spacial score (nSPS) is 15.6. The van der Waals surface area contributed by atoms with Gasteiger partial charge in [-0.15, -0.1) is 0 Å². The number of alkyl halides is 3. The maximum absolute atomic E-state index is 12.8. The van der Waals surface area contributed by atoms with Crippen molar-refractivity contribution in [2.75, 3.05) is 19.6 Å². The standard InChI is InChI=1S/C15H31F3N2/c1-5-9-13(19-10-6-2)14(8-4)20(11-7-3)12-15(16,17)18/h13-14,19H,5-12H2,1-4H3. The average Bonchev–Trinajstić information content (AvgIpc) is 2.35. The van der Waals surface area contributed by atoms with E-state index in [2.05, 4.69) is 19.2 Å². The van der Waals surface area contributed by atoms with Gasteiger partial charge in [-0.3, -0.25) is 4.90 Å². The molecule has 0 aliphatic rings. The molecule has 0 saturated carbocycles. The molecule has 2 unspecified atom stereocenters. The second-order valence-electron chi connectivity index (χ2n) is 5.41. The van der Waals surface area contributed by atoms with Crippen molar-refractivity contribution in [1.82, 2.24) is 10.2 Å². The highest BCUT2D eigenvalue weighted by Gasteiger charge is 2.35. The maximum atomic E-state index is 12.8. The van der Waals surface area contributed by atoms with Crippen LogP contribution in [0.3, 0.4) is 0 Å². The smallest absolute Gasteiger partial charge is 0.312 e. The summed E-state index contributed by atoms with van der Waals surface area (Å²) in [4.78, 5) is 1.61. The van der Waals surface area contributed by atoms with Crippen molar-refractivity contribution in [2.45, 2.75) is 78.1 Å². The van der Waals surface area contributed by atoms with Crippen LogP contribution in [0.15, 0.2) is 0 Å². The summed E-state index contributed by atoms with van der Waals surface area (Å²) in [6.45, 7) is 8.66. The quantitative estimate of drug-likeness (QED) is 0.614. The zero-order chi connectivity index (χ0) is 15.6. The maximum Gasteiger partial charge on any atom is 0.401 e. The molecule has 2 atom stereocenters. The average molecular weight is 296 g/mol. The van der Waals surface area contributed by atoms with E-state index in [0.717, 1.165) is 38.6 Å². The van der Waals surface area contributed by atoms with Crippen LogP contribution >= 0.6 is 0 Å². The molecule has 0 radical (unpaired) electrons. The Kier molecular flexibility index (Phi) is 10.3. The summed E-state index contributed by atoms with van der Waals surface area (Å²) >= 11 is 0. The van der Waals surface area contributed by atoms with Gasteiger partial charge >= 0.3 is 6.18 Å². The van der Waals surface area contributed by atoms with Gasteiger partial charge in [-0.25, -0.2) is 0 Å². The summed E-state index contributed by atoms with van der Waals surface area (Å²) in [7, 11) is 0. The third-order valence-electron chi connectivity index (χ3n) is 3.50. The van der Waals surface area contributed by atoms with Crippen molar-refractivity contribution >= 4 is 0 Å².